The number of aryl methyl sites for hydroxylation is 1. The maximum atomic E-state index is 12.7. The second-order valence-electron chi connectivity index (χ2n) is 6.83. The quantitative estimate of drug-likeness (QED) is 0.784. The number of carbonyl (C=O) groups excluding carboxylic acids is 3. The summed E-state index contributed by atoms with van der Waals surface area (Å²) in [5, 5.41) is 5.51. The normalized spacial score (nSPS) is 13.1. The van der Waals surface area contributed by atoms with Gasteiger partial charge in [-0.2, -0.15) is 0 Å². The predicted octanol–water partition coefficient (Wildman–Crippen LogP) is 2.24. The lowest BCUT2D eigenvalue weighted by atomic mass is 10.1. The molecule has 2 aromatic carbocycles. The Morgan fingerprint density at radius 3 is 2.69 bits per heavy atom. The van der Waals surface area contributed by atoms with Gasteiger partial charge in [0, 0.05) is 43.1 Å². The lowest BCUT2D eigenvalue weighted by Gasteiger charge is -2.20. The van der Waals surface area contributed by atoms with Gasteiger partial charge in [-0.1, -0.05) is 6.07 Å². The molecule has 1 saturated heterocycles. The van der Waals surface area contributed by atoms with Gasteiger partial charge < -0.3 is 20.3 Å². The van der Waals surface area contributed by atoms with Gasteiger partial charge >= 0.3 is 6.03 Å². The molecule has 0 unspecified atom stereocenters. The topological polar surface area (TPSA) is 91.0 Å². The molecule has 152 valence electrons. The molecule has 8 nitrogen and oxygen atoms in total. The molecule has 0 aromatic heterocycles. The zero-order chi connectivity index (χ0) is 21.0. The molecule has 0 atom stereocenters. The second-order valence-corrected chi connectivity index (χ2v) is 6.83. The zero-order valence-corrected chi connectivity index (χ0v) is 16.7. The van der Waals surface area contributed by atoms with Crippen LogP contribution in [0.3, 0.4) is 0 Å². The molecule has 8 heteroatoms. The zero-order valence-electron chi connectivity index (χ0n) is 16.7. The summed E-state index contributed by atoms with van der Waals surface area (Å²) in [4.78, 5) is 39.9. The minimum atomic E-state index is -0.309. The van der Waals surface area contributed by atoms with Crippen molar-refractivity contribution >= 4 is 29.2 Å². The van der Waals surface area contributed by atoms with E-state index in [1.165, 1.54) is 4.90 Å². The van der Waals surface area contributed by atoms with Gasteiger partial charge in [0.15, 0.2) is 0 Å². The Labute approximate surface area is 169 Å². The van der Waals surface area contributed by atoms with Crippen LogP contribution in [0.15, 0.2) is 42.5 Å². The van der Waals surface area contributed by atoms with Crippen molar-refractivity contribution in [3.8, 4) is 5.75 Å². The van der Waals surface area contributed by atoms with Gasteiger partial charge in [-0.25, -0.2) is 4.79 Å². The summed E-state index contributed by atoms with van der Waals surface area (Å²) < 4.78 is 5.13. The smallest absolute Gasteiger partial charge is 0.322 e. The fraction of sp³-hybridized carbons (Fsp3) is 0.286. The summed E-state index contributed by atoms with van der Waals surface area (Å²) in [7, 11) is 3.13. The van der Waals surface area contributed by atoms with Crippen molar-refractivity contribution in [1.29, 1.82) is 0 Å². The average molecular weight is 396 g/mol. The van der Waals surface area contributed by atoms with Crippen LogP contribution < -0.4 is 20.3 Å². The first kappa shape index (κ1) is 20.2. The Morgan fingerprint density at radius 2 is 2.03 bits per heavy atom. The first-order chi connectivity index (χ1) is 13.9. The number of anilines is 2. The summed E-state index contributed by atoms with van der Waals surface area (Å²) in [6.45, 7) is 2.96. The monoisotopic (exact) mass is 396 g/mol. The molecule has 4 amide bonds. The van der Waals surface area contributed by atoms with E-state index in [0.29, 0.717) is 30.1 Å². The van der Waals surface area contributed by atoms with Crippen molar-refractivity contribution in [1.82, 2.24) is 10.2 Å². The lowest BCUT2D eigenvalue weighted by Crippen LogP contribution is -2.35. The summed E-state index contributed by atoms with van der Waals surface area (Å²) in [5.74, 6) is 0.0528. The molecule has 0 radical (unpaired) electrons. The van der Waals surface area contributed by atoms with Gasteiger partial charge in [0.05, 0.1) is 13.7 Å². The molecule has 2 aromatic rings. The molecule has 1 aliphatic heterocycles. The van der Waals surface area contributed by atoms with E-state index in [4.69, 9.17) is 4.74 Å². The number of benzene rings is 2. The van der Waals surface area contributed by atoms with Crippen molar-refractivity contribution < 1.29 is 19.1 Å². The van der Waals surface area contributed by atoms with Crippen LogP contribution in [0.25, 0.3) is 0 Å². The largest absolute Gasteiger partial charge is 0.497 e. The van der Waals surface area contributed by atoms with Crippen molar-refractivity contribution in [3.63, 3.8) is 0 Å². The summed E-state index contributed by atoms with van der Waals surface area (Å²) in [6.07, 6.45) is 0. The fourth-order valence-electron chi connectivity index (χ4n) is 3.20. The fourth-order valence-corrected chi connectivity index (χ4v) is 3.20. The molecule has 0 spiro atoms. The Balaban J connectivity index is 1.64. The van der Waals surface area contributed by atoms with E-state index in [2.05, 4.69) is 10.6 Å². The van der Waals surface area contributed by atoms with Crippen LogP contribution in [0.1, 0.15) is 15.9 Å². The van der Waals surface area contributed by atoms with Gasteiger partial charge in [-0.05, 0) is 42.8 Å². The molecule has 29 heavy (non-hydrogen) atoms. The highest BCUT2D eigenvalue weighted by atomic mass is 16.5. The van der Waals surface area contributed by atoms with E-state index < -0.39 is 0 Å². The Hall–Kier alpha value is -3.55. The molecule has 1 fully saturated rings. The number of rotatable bonds is 6. The van der Waals surface area contributed by atoms with E-state index in [0.717, 1.165) is 11.3 Å². The van der Waals surface area contributed by atoms with E-state index in [1.807, 2.05) is 6.92 Å². The molecule has 0 aliphatic carbocycles. The van der Waals surface area contributed by atoms with Crippen LogP contribution in [0.5, 0.6) is 5.75 Å². The molecule has 1 heterocycles. The third-order valence-corrected chi connectivity index (χ3v) is 4.67. The van der Waals surface area contributed by atoms with Crippen LogP contribution in [-0.2, 0) is 4.79 Å². The van der Waals surface area contributed by atoms with Gasteiger partial charge in [-0.15, -0.1) is 0 Å². The lowest BCUT2D eigenvalue weighted by molar-refractivity contribution is -0.116. The van der Waals surface area contributed by atoms with Gasteiger partial charge in [-0.3, -0.25) is 14.5 Å². The summed E-state index contributed by atoms with van der Waals surface area (Å²) >= 11 is 0. The Kier molecular flexibility index (Phi) is 6.01. The minimum absolute atomic E-state index is 0.0919. The van der Waals surface area contributed by atoms with Crippen LogP contribution >= 0.6 is 0 Å². The van der Waals surface area contributed by atoms with E-state index in [9.17, 15) is 14.4 Å². The average Bonchev–Trinajstić information content (AvgIpc) is 3.12. The molecule has 3 rings (SSSR count). The molecule has 0 bridgehead atoms. The number of likely N-dealkylation sites (N-methyl/N-ethyl adjacent to an activating group) is 1. The van der Waals surface area contributed by atoms with Crippen molar-refractivity contribution in [2.24, 2.45) is 0 Å². The first-order valence-electron chi connectivity index (χ1n) is 9.24. The maximum Gasteiger partial charge on any atom is 0.322 e. The standard InChI is InChI=1S/C21H24N4O4/c1-14-11-15(7-8-18(14)25-10-9-22-21(25)28)20(27)24(2)13-19(26)23-16-5-4-6-17(12-16)29-3/h4-8,11-12H,9-10,13H2,1-3H3,(H,22,28)(H,23,26). The number of nitrogens with zero attached hydrogens (tertiary/aromatic N) is 2. The van der Waals surface area contributed by atoms with Crippen molar-refractivity contribution in [3.05, 3.63) is 53.6 Å². The number of ether oxygens (including phenoxy) is 1. The summed E-state index contributed by atoms with van der Waals surface area (Å²) in [5.41, 5.74) is 2.65. The summed E-state index contributed by atoms with van der Waals surface area (Å²) in [6, 6.07) is 12.0. The maximum absolute atomic E-state index is 12.7. The van der Waals surface area contributed by atoms with E-state index in [-0.39, 0.29) is 24.4 Å². The number of hydrogen-bond acceptors (Lipinski definition) is 4. The minimum Gasteiger partial charge on any atom is -0.497 e. The van der Waals surface area contributed by atoms with E-state index >= 15 is 0 Å². The molecule has 1 aliphatic rings. The van der Waals surface area contributed by atoms with Crippen LogP contribution in [0.2, 0.25) is 0 Å². The molecule has 0 saturated carbocycles. The molecule has 2 N–H and O–H groups in total. The number of urea groups is 1. The van der Waals surface area contributed by atoms with Crippen LogP contribution in [0, 0.1) is 6.92 Å². The SMILES string of the molecule is COc1cccc(NC(=O)CN(C)C(=O)c2ccc(N3CCNC3=O)c(C)c2)c1. The van der Waals surface area contributed by atoms with Crippen molar-refractivity contribution in [2.45, 2.75) is 6.92 Å². The van der Waals surface area contributed by atoms with Gasteiger partial charge in [0.25, 0.3) is 5.91 Å². The van der Waals surface area contributed by atoms with Crippen molar-refractivity contribution in [2.75, 3.05) is 44.0 Å². The first-order valence-corrected chi connectivity index (χ1v) is 9.24. The predicted molar refractivity (Wildman–Crippen MR) is 111 cm³/mol. The molecular weight excluding hydrogens is 372 g/mol. The third-order valence-electron chi connectivity index (χ3n) is 4.67. The third kappa shape index (κ3) is 4.66. The number of methoxy groups -OCH3 is 1. The highest BCUT2D eigenvalue weighted by molar-refractivity contribution is 6.00. The van der Waals surface area contributed by atoms with Gasteiger partial charge in [0.2, 0.25) is 5.91 Å². The number of nitrogens with one attached hydrogen (secondary N) is 2. The number of amides is 4. The Morgan fingerprint density at radius 1 is 1.24 bits per heavy atom. The number of carbonyl (C=O) groups is 3. The highest BCUT2D eigenvalue weighted by Crippen LogP contribution is 2.23. The van der Waals surface area contributed by atoms with E-state index in [1.54, 1.807) is 61.5 Å². The van der Waals surface area contributed by atoms with Crippen LogP contribution in [-0.4, -0.2) is 56.5 Å². The Bertz CT molecular complexity index is 944. The molecular formula is C21H24N4O4. The number of hydrogen-bond donors (Lipinski definition) is 2. The van der Waals surface area contributed by atoms with Crippen LogP contribution in [0.4, 0.5) is 16.2 Å². The highest BCUT2D eigenvalue weighted by Gasteiger charge is 2.23. The van der Waals surface area contributed by atoms with Gasteiger partial charge in [0.1, 0.15) is 5.75 Å². The second kappa shape index (κ2) is 8.64.